The van der Waals surface area contributed by atoms with Crippen LogP contribution in [-0.2, 0) is 6.54 Å². The Hall–Kier alpha value is -1.62. The van der Waals surface area contributed by atoms with Crippen LogP contribution >= 0.6 is 0 Å². The first-order valence-corrected chi connectivity index (χ1v) is 5.52. The van der Waals surface area contributed by atoms with Crippen molar-refractivity contribution in [2.75, 3.05) is 6.54 Å². The molecule has 0 aromatic heterocycles. The topological polar surface area (TPSA) is 61.4 Å². The number of urea groups is 1. The van der Waals surface area contributed by atoms with Gasteiger partial charge in [0.1, 0.15) is 5.82 Å². The molecule has 0 radical (unpaired) electrons. The molecule has 94 valence electrons. The number of hydrogen-bond acceptors (Lipinski definition) is 2. The summed E-state index contributed by atoms with van der Waals surface area (Å²) in [5.74, 6) is -0.336. The second kappa shape index (κ2) is 6.85. The van der Waals surface area contributed by atoms with Gasteiger partial charge in [0.15, 0.2) is 0 Å². The lowest BCUT2D eigenvalue weighted by molar-refractivity contribution is 0.183. The molecule has 0 saturated carbocycles. The summed E-state index contributed by atoms with van der Waals surface area (Å²) in [7, 11) is 0. The number of rotatable bonds is 5. The number of nitrogens with one attached hydrogen (secondary N) is 2. The minimum Gasteiger partial charge on any atom is -0.393 e. The van der Waals surface area contributed by atoms with Crippen LogP contribution in [0.4, 0.5) is 9.18 Å². The summed E-state index contributed by atoms with van der Waals surface area (Å²) in [6.07, 6.45) is 0.0505. The van der Waals surface area contributed by atoms with Crippen molar-refractivity contribution in [3.63, 3.8) is 0 Å². The van der Waals surface area contributed by atoms with Crippen molar-refractivity contribution in [3.8, 4) is 0 Å². The molecule has 2 amide bonds. The van der Waals surface area contributed by atoms with Gasteiger partial charge in [-0.25, -0.2) is 9.18 Å². The Balaban J connectivity index is 2.26. The zero-order valence-electron chi connectivity index (χ0n) is 9.74. The molecule has 1 unspecified atom stereocenters. The molecule has 17 heavy (non-hydrogen) atoms. The van der Waals surface area contributed by atoms with Crippen molar-refractivity contribution >= 4 is 6.03 Å². The van der Waals surface area contributed by atoms with Gasteiger partial charge in [0, 0.05) is 18.7 Å². The van der Waals surface area contributed by atoms with Gasteiger partial charge in [-0.1, -0.05) is 18.2 Å². The van der Waals surface area contributed by atoms with Crippen LogP contribution in [0, 0.1) is 5.82 Å². The van der Waals surface area contributed by atoms with Crippen molar-refractivity contribution in [3.05, 3.63) is 35.6 Å². The van der Waals surface area contributed by atoms with Gasteiger partial charge in [0.05, 0.1) is 6.10 Å². The molecule has 0 heterocycles. The van der Waals surface area contributed by atoms with Crippen LogP contribution in [0.25, 0.3) is 0 Å². The number of amides is 2. The zero-order chi connectivity index (χ0) is 12.7. The van der Waals surface area contributed by atoms with E-state index in [-0.39, 0.29) is 18.4 Å². The molecule has 0 fully saturated rings. The van der Waals surface area contributed by atoms with Gasteiger partial charge in [0.25, 0.3) is 0 Å². The lowest BCUT2D eigenvalue weighted by Crippen LogP contribution is -2.36. The molecule has 1 aromatic carbocycles. The summed E-state index contributed by atoms with van der Waals surface area (Å²) in [6, 6.07) is 5.91. The lowest BCUT2D eigenvalue weighted by atomic mass is 10.2. The fourth-order valence-corrected chi connectivity index (χ4v) is 1.27. The standard InChI is InChI=1S/C12H17FN2O2/c1-9(16)6-7-14-12(17)15-8-10-4-2-3-5-11(10)13/h2-5,9,16H,6-8H2,1H3,(H2,14,15,17). The van der Waals surface area contributed by atoms with Gasteiger partial charge in [-0.2, -0.15) is 0 Å². The maximum atomic E-state index is 13.2. The maximum absolute atomic E-state index is 13.2. The number of carbonyl (C=O) groups excluding carboxylic acids is 1. The summed E-state index contributed by atoms with van der Waals surface area (Å²) in [4.78, 5) is 11.3. The fraction of sp³-hybridized carbons (Fsp3) is 0.417. The van der Waals surface area contributed by atoms with E-state index >= 15 is 0 Å². The first kappa shape index (κ1) is 13.4. The highest BCUT2D eigenvalue weighted by molar-refractivity contribution is 5.73. The Bertz CT molecular complexity index is 369. The first-order chi connectivity index (χ1) is 8.09. The molecule has 1 atom stereocenters. The Kier molecular flexibility index (Phi) is 5.42. The van der Waals surface area contributed by atoms with E-state index in [2.05, 4.69) is 10.6 Å². The van der Waals surface area contributed by atoms with Crippen LogP contribution in [-0.4, -0.2) is 23.8 Å². The van der Waals surface area contributed by atoms with E-state index in [1.165, 1.54) is 6.07 Å². The third-order valence-corrected chi connectivity index (χ3v) is 2.24. The summed E-state index contributed by atoms with van der Waals surface area (Å²) < 4.78 is 13.2. The van der Waals surface area contributed by atoms with E-state index in [4.69, 9.17) is 5.11 Å². The molecule has 0 spiro atoms. The van der Waals surface area contributed by atoms with Crippen LogP contribution in [0.3, 0.4) is 0 Å². The third kappa shape index (κ3) is 5.31. The molecular weight excluding hydrogens is 223 g/mol. The average Bonchev–Trinajstić information content (AvgIpc) is 2.27. The number of hydrogen-bond donors (Lipinski definition) is 3. The summed E-state index contributed by atoms with van der Waals surface area (Å²) in [5, 5.41) is 14.1. The second-order valence-electron chi connectivity index (χ2n) is 3.84. The summed E-state index contributed by atoms with van der Waals surface area (Å²) in [6.45, 7) is 2.19. The molecule has 3 N–H and O–H groups in total. The molecule has 4 nitrogen and oxygen atoms in total. The smallest absolute Gasteiger partial charge is 0.315 e. The van der Waals surface area contributed by atoms with E-state index in [1.54, 1.807) is 25.1 Å². The lowest BCUT2D eigenvalue weighted by Gasteiger charge is -2.09. The molecular formula is C12H17FN2O2. The molecule has 0 aliphatic heterocycles. The van der Waals surface area contributed by atoms with Crippen LogP contribution in [0.5, 0.6) is 0 Å². The predicted molar refractivity (Wildman–Crippen MR) is 62.9 cm³/mol. The van der Waals surface area contributed by atoms with Gasteiger partial charge in [-0.15, -0.1) is 0 Å². The van der Waals surface area contributed by atoms with Crippen molar-refractivity contribution in [1.29, 1.82) is 0 Å². The SMILES string of the molecule is CC(O)CCNC(=O)NCc1ccccc1F. The van der Waals surface area contributed by atoms with Gasteiger partial charge < -0.3 is 15.7 Å². The molecule has 0 saturated heterocycles. The number of halogens is 1. The van der Waals surface area contributed by atoms with Crippen molar-refractivity contribution in [1.82, 2.24) is 10.6 Å². The number of aliphatic hydroxyl groups is 1. The van der Waals surface area contributed by atoms with Crippen molar-refractivity contribution in [2.24, 2.45) is 0 Å². The zero-order valence-corrected chi connectivity index (χ0v) is 9.74. The van der Waals surface area contributed by atoms with Gasteiger partial charge in [-0.05, 0) is 19.4 Å². The van der Waals surface area contributed by atoms with E-state index in [9.17, 15) is 9.18 Å². The molecule has 0 aliphatic rings. The quantitative estimate of drug-likeness (QED) is 0.728. The van der Waals surface area contributed by atoms with Crippen LogP contribution in [0.15, 0.2) is 24.3 Å². The van der Waals surface area contributed by atoms with Crippen LogP contribution < -0.4 is 10.6 Å². The number of carbonyl (C=O) groups is 1. The Labute approximate surface area is 99.8 Å². The van der Waals surface area contributed by atoms with Crippen LogP contribution in [0.1, 0.15) is 18.9 Å². The van der Waals surface area contributed by atoms with E-state index in [1.807, 2.05) is 0 Å². The Morgan fingerprint density at radius 1 is 1.41 bits per heavy atom. The third-order valence-electron chi connectivity index (χ3n) is 2.24. The molecule has 5 heteroatoms. The molecule has 1 rings (SSSR count). The monoisotopic (exact) mass is 240 g/mol. The van der Waals surface area contributed by atoms with E-state index in [0.29, 0.717) is 18.5 Å². The fourth-order valence-electron chi connectivity index (χ4n) is 1.27. The number of aliphatic hydroxyl groups excluding tert-OH is 1. The highest BCUT2D eigenvalue weighted by atomic mass is 19.1. The van der Waals surface area contributed by atoms with E-state index < -0.39 is 6.10 Å². The Morgan fingerprint density at radius 3 is 2.76 bits per heavy atom. The minimum absolute atomic E-state index is 0.146. The number of benzene rings is 1. The summed E-state index contributed by atoms with van der Waals surface area (Å²) in [5.41, 5.74) is 0.443. The van der Waals surface area contributed by atoms with Crippen molar-refractivity contribution in [2.45, 2.75) is 26.0 Å². The highest BCUT2D eigenvalue weighted by Crippen LogP contribution is 2.05. The minimum atomic E-state index is -0.443. The average molecular weight is 240 g/mol. The van der Waals surface area contributed by atoms with Gasteiger partial charge in [-0.3, -0.25) is 0 Å². The van der Waals surface area contributed by atoms with Crippen LogP contribution in [0.2, 0.25) is 0 Å². The second-order valence-corrected chi connectivity index (χ2v) is 3.84. The predicted octanol–water partition coefficient (Wildman–Crippen LogP) is 1.40. The molecule has 0 aliphatic carbocycles. The van der Waals surface area contributed by atoms with E-state index in [0.717, 1.165) is 0 Å². The molecule has 0 bridgehead atoms. The van der Waals surface area contributed by atoms with Gasteiger partial charge in [0.2, 0.25) is 0 Å². The van der Waals surface area contributed by atoms with Gasteiger partial charge >= 0.3 is 6.03 Å². The molecule has 1 aromatic rings. The maximum Gasteiger partial charge on any atom is 0.315 e. The highest BCUT2D eigenvalue weighted by Gasteiger charge is 2.04. The normalized spacial score (nSPS) is 11.9. The largest absolute Gasteiger partial charge is 0.393 e. The Morgan fingerprint density at radius 2 is 2.12 bits per heavy atom. The summed E-state index contributed by atoms with van der Waals surface area (Å²) >= 11 is 0. The first-order valence-electron chi connectivity index (χ1n) is 5.52. The van der Waals surface area contributed by atoms with Crippen molar-refractivity contribution < 1.29 is 14.3 Å².